The van der Waals surface area contributed by atoms with Gasteiger partial charge in [-0.05, 0) is 85.2 Å². The summed E-state index contributed by atoms with van der Waals surface area (Å²) in [4.78, 5) is 45.1. The van der Waals surface area contributed by atoms with Crippen LogP contribution in [0.2, 0.25) is 10.0 Å². The summed E-state index contributed by atoms with van der Waals surface area (Å²) < 4.78 is 74.5. The highest BCUT2D eigenvalue weighted by atomic mass is 35.5. The van der Waals surface area contributed by atoms with Gasteiger partial charge in [0.15, 0.2) is 0 Å². The molecule has 1 atom stereocenters. The molecular formula is C47H55Cl2N9O9S2. The fraction of sp³-hybridized carbons (Fsp3) is 0.404. The van der Waals surface area contributed by atoms with Gasteiger partial charge in [-0.2, -0.15) is 8.42 Å². The number of rotatable bonds is 15. The molecule has 3 amide bonds. The number of allylic oxidation sites excluding steroid dienone is 1. The number of carbonyl (C=O) groups is 2. The number of ether oxygens (including phenoxy) is 3. The van der Waals surface area contributed by atoms with Gasteiger partial charge >= 0.3 is 16.2 Å². The minimum Gasteiger partial charge on any atom is -0.474 e. The zero-order chi connectivity index (χ0) is 49.1. The van der Waals surface area contributed by atoms with Crippen molar-refractivity contribution in [1.29, 1.82) is 0 Å². The maximum absolute atomic E-state index is 13.8. The van der Waals surface area contributed by atoms with E-state index in [4.69, 9.17) is 37.4 Å². The number of urea groups is 1. The van der Waals surface area contributed by atoms with E-state index in [9.17, 15) is 26.4 Å². The fourth-order valence-corrected chi connectivity index (χ4v) is 11.5. The number of aromatic nitrogens is 3. The maximum atomic E-state index is 13.8. The molecule has 2 saturated heterocycles. The van der Waals surface area contributed by atoms with E-state index in [0.29, 0.717) is 36.8 Å². The first-order valence-electron chi connectivity index (χ1n) is 22.5. The van der Waals surface area contributed by atoms with Crippen molar-refractivity contribution in [1.82, 2.24) is 38.5 Å². The van der Waals surface area contributed by atoms with Gasteiger partial charge in [0.25, 0.3) is 15.9 Å². The van der Waals surface area contributed by atoms with E-state index in [1.165, 1.54) is 29.0 Å². The number of nitrogens with one attached hydrogen (secondary N) is 3. The highest BCUT2D eigenvalue weighted by Crippen LogP contribution is 2.43. The summed E-state index contributed by atoms with van der Waals surface area (Å²) in [5, 5.41) is 1.21. The van der Waals surface area contributed by atoms with Crippen molar-refractivity contribution in [2.24, 2.45) is 5.41 Å². The number of H-pyrrole nitrogens is 1. The Bertz CT molecular complexity index is 2960. The van der Waals surface area contributed by atoms with Crippen LogP contribution in [0.1, 0.15) is 56.0 Å². The van der Waals surface area contributed by atoms with Crippen LogP contribution in [0.15, 0.2) is 89.7 Å². The lowest BCUT2D eigenvalue weighted by molar-refractivity contribution is -0.0389. The van der Waals surface area contributed by atoms with Gasteiger partial charge in [-0.25, -0.2) is 27.9 Å². The van der Waals surface area contributed by atoms with Crippen LogP contribution in [-0.2, 0) is 25.0 Å². The third-order valence-electron chi connectivity index (χ3n) is 12.5. The molecule has 3 N–H and O–H groups in total. The van der Waals surface area contributed by atoms with Crippen molar-refractivity contribution in [2.45, 2.75) is 51.0 Å². The van der Waals surface area contributed by atoms with E-state index in [2.05, 4.69) is 50.7 Å². The monoisotopic (exact) mass is 1020 g/mol. The van der Waals surface area contributed by atoms with Crippen LogP contribution in [0.5, 0.6) is 17.4 Å². The Hall–Kier alpha value is -5.48. The van der Waals surface area contributed by atoms with E-state index in [-0.39, 0.29) is 59.2 Å². The molecule has 8 rings (SSSR count). The average Bonchev–Trinajstić information content (AvgIpc) is 3.79. The number of benzene rings is 2. The zero-order valence-corrected chi connectivity index (χ0v) is 41.9. The Morgan fingerprint density at radius 1 is 0.971 bits per heavy atom. The topological polar surface area (TPSA) is 209 Å². The second-order valence-corrected chi connectivity index (χ2v) is 22.3. The van der Waals surface area contributed by atoms with Gasteiger partial charge in [-0.15, -0.1) is 0 Å². The second kappa shape index (κ2) is 20.9. The first-order valence-corrected chi connectivity index (χ1v) is 26.3. The normalized spacial score (nSPS) is 18.0. The van der Waals surface area contributed by atoms with Crippen molar-refractivity contribution in [3.63, 3.8) is 0 Å². The molecule has 0 bridgehead atoms. The number of sulfonamides is 1. The minimum atomic E-state index is -5.08. The van der Waals surface area contributed by atoms with E-state index in [1.807, 2.05) is 23.8 Å². The van der Waals surface area contributed by atoms with Gasteiger partial charge in [0.05, 0.1) is 31.1 Å². The SMILES string of the molecule is CCN(C)C(=O)N1CCO[C@H](COc2ncc(S(=O)(=O)NS(=O)(=O)NC(=O)c3ccc(N4CCN(CC5=C(c6ccc(Cl)cc6)CC(C)(C)CC5)CC4)cc3Oc3cnc4[nH]ccc4c3)cc2Cl)C1. The Balaban J connectivity index is 0.941. The maximum Gasteiger partial charge on any atom is 0.319 e. The number of hydrogen-bond acceptors (Lipinski definition) is 13. The molecule has 0 saturated carbocycles. The van der Waals surface area contributed by atoms with Crippen LogP contribution in [-0.4, -0.2) is 137 Å². The van der Waals surface area contributed by atoms with Gasteiger partial charge in [0, 0.05) is 81.2 Å². The van der Waals surface area contributed by atoms with Crippen molar-refractivity contribution < 1.29 is 40.6 Å². The predicted molar refractivity (Wildman–Crippen MR) is 264 cm³/mol. The first-order chi connectivity index (χ1) is 32.8. The molecule has 0 spiro atoms. The molecule has 22 heteroatoms. The van der Waals surface area contributed by atoms with Gasteiger partial charge in [-0.1, -0.05) is 58.9 Å². The lowest BCUT2D eigenvalue weighted by Gasteiger charge is -2.39. The molecular weight excluding hydrogens is 970 g/mol. The number of morpholine rings is 1. The van der Waals surface area contributed by atoms with Crippen LogP contribution in [0, 0.1) is 5.41 Å². The Labute approximate surface area is 412 Å². The smallest absolute Gasteiger partial charge is 0.319 e. The van der Waals surface area contributed by atoms with Gasteiger partial charge in [0.2, 0.25) is 5.88 Å². The van der Waals surface area contributed by atoms with Crippen LogP contribution in [0.25, 0.3) is 16.6 Å². The largest absolute Gasteiger partial charge is 0.474 e. The number of amides is 3. The molecule has 5 aromatic rings. The fourth-order valence-electron chi connectivity index (χ4n) is 8.57. The van der Waals surface area contributed by atoms with Crippen molar-refractivity contribution in [2.75, 3.05) is 77.5 Å². The van der Waals surface area contributed by atoms with E-state index < -0.39 is 37.1 Å². The summed E-state index contributed by atoms with van der Waals surface area (Å²) >= 11 is 12.6. The molecule has 3 aliphatic rings. The van der Waals surface area contributed by atoms with Crippen LogP contribution in [0.3, 0.4) is 0 Å². The second-order valence-electron chi connectivity index (χ2n) is 18.1. The van der Waals surface area contributed by atoms with Crippen molar-refractivity contribution >= 4 is 77.7 Å². The summed E-state index contributed by atoms with van der Waals surface area (Å²) in [6, 6.07) is 17.2. The lowest BCUT2D eigenvalue weighted by Crippen LogP contribution is -2.51. The highest BCUT2D eigenvalue weighted by Gasteiger charge is 2.32. The standard InChI is InChI=1S/C47H55Cl2N9O9S2/c1-5-55(4)46(60)58-20-21-65-37(29-58)30-66-45-41(49)24-38(27-52-45)68(61,62)54-69(63,64)53-44(59)39-11-10-35(23-42(39)67-36-22-32-13-15-50-43(32)51-26-36)57-18-16-56(17-19-57)28-33-12-14-47(2,3)25-40(33)31-6-8-34(48)9-7-31/h6-11,13,15,22-24,26-27,37,54H,5,12,14,16-21,25,28-30H2,1-4H3,(H,50,51)(H,53,59)/t37-/m0/s1. The van der Waals surface area contributed by atoms with Crippen LogP contribution >= 0.6 is 23.2 Å². The zero-order valence-electron chi connectivity index (χ0n) is 38.7. The molecule has 18 nitrogen and oxygen atoms in total. The average molecular weight is 1030 g/mol. The molecule has 0 radical (unpaired) electrons. The molecule has 69 heavy (non-hydrogen) atoms. The Morgan fingerprint density at radius 2 is 1.74 bits per heavy atom. The van der Waals surface area contributed by atoms with Crippen molar-refractivity contribution in [3.8, 4) is 17.4 Å². The number of carbonyl (C=O) groups excluding carboxylic acids is 2. The van der Waals surface area contributed by atoms with E-state index >= 15 is 0 Å². The molecule has 2 aromatic carbocycles. The molecule has 5 heterocycles. The number of piperazine rings is 1. The third-order valence-corrected chi connectivity index (χ3v) is 16.1. The van der Waals surface area contributed by atoms with Crippen LogP contribution < -0.4 is 23.2 Å². The number of hydrogen-bond donors (Lipinski definition) is 3. The highest BCUT2D eigenvalue weighted by molar-refractivity contribution is 8.04. The molecule has 2 fully saturated rings. The molecule has 0 unspecified atom stereocenters. The van der Waals surface area contributed by atoms with Crippen molar-refractivity contribution in [3.05, 3.63) is 106 Å². The van der Waals surface area contributed by atoms with Gasteiger partial charge < -0.3 is 33.9 Å². The summed E-state index contributed by atoms with van der Waals surface area (Å²) in [6.07, 6.45) is 6.66. The summed E-state index contributed by atoms with van der Waals surface area (Å²) in [5.41, 5.74) is 5.40. The summed E-state index contributed by atoms with van der Waals surface area (Å²) in [5.74, 6) is -1.01. The molecule has 368 valence electrons. The number of anilines is 1. The first kappa shape index (κ1) is 49.9. The number of halogens is 2. The third kappa shape index (κ3) is 12.3. The minimum absolute atomic E-state index is 0.0163. The number of nitrogens with zero attached hydrogens (tertiary/aromatic N) is 6. The van der Waals surface area contributed by atoms with Gasteiger partial charge in [-0.3, -0.25) is 9.69 Å². The molecule has 1 aliphatic carbocycles. The molecule has 2 aliphatic heterocycles. The Kier molecular flexibility index (Phi) is 15.1. The number of aromatic amines is 1. The van der Waals surface area contributed by atoms with Crippen LogP contribution in [0.4, 0.5) is 10.5 Å². The number of fused-ring (bicyclic) bond motifs is 1. The van der Waals surface area contributed by atoms with E-state index in [1.54, 1.807) is 51.4 Å². The number of pyridine rings is 2. The predicted octanol–water partition coefficient (Wildman–Crippen LogP) is 6.95. The lowest BCUT2D eigenvalue weighted by atomic mass is 9.72. The summed E-state index contributed by atoms with van der Waals surface area (Å²) in [6.45, 7) is 11.7. The van der Waals surface area contributed by atoms with E-state index in [0.717, 1.165) is 62.2 Å². The van der Waals surface area contributed by atoms with Gasteiger partial charge in [0.1, 0.15) is 39.8 Å². The Morgan fingerprint density at radius 3 is 2.48 bits per heavy atom. The summed E-state index contributed by atoms with van der Waals surface area (Å²) in [7, 11) is -8.26. The quantitative estimate of drug-likeness (QED) is 0.0972. The molecule has 3 aromatic heterocycles.